The number of ether oxygens (including phenoxy) is 1. The molecule has 2 unspecified atom stereocenters. The molecule has 1 amide bonds. The largest absolute Gasteiger partial charge is 0.480 e. The lowest BCUT2D eigenvalue weighted by molar-refractivity contribution is -0.171. The Balaban J connectivity index is 3.00. The van der Waals surface area contributed by atoms with Gasteiger partial charge in [0.25, 0.3) is 0 Å². The van der Waals surface area contributed by atoms with Crippen molar-refractivity contribution in [3.63, 3.8) is 0 Å². The van der Waals surface area contributed by atoms with Gasteiger partial charge in [-0.1, -0.05) is 13.8 Å². The van der Waals surface area contributed by atoms with Crippen molar-refractivity contribution in [1.29, 1.82) is 0 Å². The number of carbonyl (C=O) groups is 3. The molecule has 0 spiro atoms. The molecule has 0 aliphatic carbocycles. The third-order valence-electron chi connectivity index (χ3n) is 4.83. The zero-order valence-corrected chi connectivity index (χ0v) is 15.2. The second-order valence-corrected chi connectivity index (χ2v) is 7.39. The first kappa shape index (κ1) is 20.3. The highest BCUT2D eigenvalue weighted by atomic mass is 16.6. The number of nitrogens with zero attached hydrogens (tertiary/aromatic N) is 1. The van der Waals surface area contributed by atoms with Gasteiger partial charge in [0.05, 0.1) is 0 Å². The topological polar surface area (TPSA) is 104 Å². The summed E-state index contributed by atoms with van der Waals surface area (Å²) in [6.07, 6.45) is 0.894. The fourth-order valence-electron chi connectivity index (χ4n) is 3.48. The summed E-state index contributed by atoms with van der Waals surface area (Å²) in [4.78, 5) is 37.4. The molecule has 1 aliphatic heterocycles. The number of hydrogen-bond donors (Lipinski definition) is 2. The average molecular weight is 343 g/mol. The Hall–Kier alpha value is -1.79. The number of amides is 1. The van der Waals surface area contributed by atoms with Gasteiger partial charge in [-0.3, -0.25) is 9.59 Å². The number of carbonyl (C=O) groups excluding carboxylic acids is 1. The molecule has 7 heteroatoms. The summed E-state index contributed by atoms with van der Waals surface area (Å²) in [5.41, 5.74) is -2.41. The maximum atomic E-state index is 12.3. The summed E-state index contributed by atoms with van der Waals surface area (Å²) in [5, 5.41) is 19.1. The van der Waals surface area contributed by atoms with Gasteiger partial charge in [0, 0.05) is 12.6 Å². The molecule has 1 fully saturated rings. The maximum Gasteiger partial charge on any atom is 0.410 e. The normalized spacial score (nSPS) is 22.1. The van der Waals surface area contributed by atoms with Crippen LogP contribution < -0.4 is 0 Å². The van der Waals surface area contributed by atoms with E-state index in [0.717, 1.165) is 0 Å². The maximum absolute atomic E-state index is 12.3. The molecule has 0 saturated carbocycles. The highest BCUT2D eigenvalue weighted by Gasteiger charge is 2.53. The Morgan fingerprint density at radius 3 is 2.04 bits per heavy atom. The predicted octanol–water partition coefficient (Wildman–Crippen LogP) is 2.98. The minimum atomic E-state index is -1.80. The summed E-state index contributed by atoms with van der Waals surface area (Å²) >= 11 is 0. The van der Waals surface area contributed by atoms with Crippen LogP contribution in [0.15, 0.2) is 0 Å². The molecule has 24 heavy (non-hydrogen) atoms. The van der Waals surface area contributed by atoms with E-state index in [9.17, 15) is 24.6 Å². The van der Waals surface area contributed by atoms with Gasteiger partial charge >= 0.3 is 18.0 Å². The van der Waals surface area contributed by atoms with Crippen molar-refractivity contribution in [2.24, 2.45) is 11.3 Å². The fourth-order valence-corrected chi connectivity index (χ4v) is 3.48. The Bertz CT molecular complexity index is 482. The van der Waals surface area contributed by atoms with E-state index in [1.807, 2.05) is 6.92 Å². The van der Waals surface area contributed by atoms with Crippen LogP contribution in [0.2, 0.25) is 0 Å². The van der Waals surface area contributed by atoms with Gasteiger partial charge in [-0.15, -0.1) is 0 Å². The predicted molar refractivity (Wildman–Crippen MR) is 87.7 cm³/mol. The van der Waals surface area contributed by atoms with E-state index in [1.165, 1.54) is 0 Å². The number of hydrogen-bond acceptors (Lipinski definition) is 4. The van der Waals surface area contributed by atoms with Crippen LogP contribution in [0.5, 0.6) is 0 Å². The molecule has 0 aromatic heterocycles. The summed E-state index contributed by atoms with van der Waals surface area (Å²) in [6.45, 7) is 9.16. The third kappa shape index (κ3) is 3.99. The van der Waals surface area contributed by atoms with E-state index in [2.05, 4.69) is 0 Å². The van der Waals surface area contributed by atoms with Crippen LogP contribution in [0.3, 0.4) is 0 Å². The number of rotatable bonds is 5. The molecule has 2 atom stereocenters. The molecule has 0 aromatic carbocycles. The second kappa shape index (κ2) is 7.40. The zero-order chi connectivity index (χ0) is 18.7. The van der Waals surface area contributed by atoms with Gasteiger partial charge in [-0.25, -0.2) is 4.79 Å². The van der Waals surface area contributed by atoms with Gasteiger partial charge in [0.2, 0.25) is 0 Å². The smallest absolute Gasteiger partial charge is 0.410 e. The van der Waals surface area contributed by atoms with E-state index in [0.29, 0.717) is 25.8 Å². The van der Waals surface area contributed by atoms with Gasteiger partial charge < -0.3 is 19.8 Å². The lowest BCUT2D eigenvalue weighted by Crippen LogP contribution is -2.54. The van der Waals surface area contributed by atoms with Gasteiger partial charge in [-0.2, -0.15) is 0 Å². The number of likely N-dealkylation sites (tertiary alicyclic amines) is 1. The van der Waals surface area contributed by atoms with Gasteiger partial charge in [0.1, 0.15) is 5.60 Å². The summed E-state index contributed by atoms with van der Waals surface area (Å²) in [5.74, 6) is -3.12. The van der Waals surface area contributed by atoms with Crippen LogP contribution in [0.25, 0.3) is 0 Å². The zero-order valence-electron chi connectivity index (χ0n) is 15.2. The van der Waals surface area contributed by atoms with Crippen LogP contribution in [0, 0.1) is 11.3 Å². The molecule has 7 nitrogen and oxygen atoms in total. The first-order chi connectivity index (χ1) is 11.0. The fraction of sp³-hybridized carbons (Fsp3) is 0.824. The van der Waals surface area contributed by atoms with Crippen molar-refractivity contribution >= 4 is 18.0 Å². The molecule has 0 aromatic rings. The van der Waals surface area contributed by atoms with Crippen LogP contribution in [0.1, 0.15) is 60.3 Å². The first-order valence-electron chi connectivity index (χ1n) is 8.46. The quantitative estimate of drug-likeness (QED) is 0.744. The van der Waals surface area contributed by atoms with E-state index in [-0.39, 0.29) is 12.5 Å². The molecule has 1 aliphatic rings. The van der Waals surface area contributed by atoms with Crippen LogP contribution in [-0.4, -0.2) is 51.3 Å². The van der Waals surface area contributed by atoms with Crippen LogP contribution >= 0.6 is 0 Å². The van der Waals surface area contributed by atoms with Crippen molar-refractivity contribution in [1.82, 2.24) is 4.90 Å². The molecule has 1 rings (SSSR count). The highest BCUT2D eigenvalue weighted by molar-refractivity contribution is 5.98. The van der Waals surface area contributed by atoms with Crippen molar-refractivity contribution in [2.75, 3.05) is 6.54 Å². The lowest BCUT2D eigenvalue weighted by atomic mass is 9.67. The average Bonchev–Trinajstić information content (AvgIpc) is 2.45. The van der Waals surface area contributed by atoms with Crippen molar-refractivity contribution in [3.05, 3.63) is 0 Å². The number of piperidine rings is 1. The minimum Gasteiger partial charge on any atom is -0.480 e. The molecule has 0 bridgehead atoms. The molecule has 138 valence electrons. The van der Waals surface area contributed by atoms with E-state index < -0.39 is 35.0 Å². The molecular formula is C17H29NO6. The Morgan fingerprint density at radius 1 is 1.12 bits per heavy atom. The van der Waals surface area contributed by atoms with E-state index in [1.54, 1.807) is 32.6 Å². The van der Waals surface area contributed by atoms with Gasteiger partial charge in [0.15, 0.2) is 5.41 Å². The van der Waals surface area contributed by atoms with E-state index in [4.69, 9.17) is 4.74 Å². The molecular weight excluding hydrogens is 314 g/mol. The Morgan fingerprint density at radius 2 is 1.67 bits per heavy atom. The highest BCUT2D eigenvalue weighted by Crippen LogP contribution is 2.42. The third-order valence-corrected chi connectivity index (χ3v) is 4.83. The molecule has 0 radical (unpaired) electrons. The Labute approximate surface area is 143 Å². The summed E-state index contributed by atoms with van der Waals surface area (Å²) in [7, 11) is 0. The monoisotopic (exact) mass is 343 g/mol. The number of aliphatic carboxylic acids is 2. The summed E-state index contributed by atoms with van der Waals surface area (Å²) < 4.78 is 5.41. The van der Waals surface area contributed by atoms with Crippen LogP contribution in [0.4, 0.5) is 4.79 Å². The Kier molecular flexibility index (Phi) is 6.25. The number of carboxylic acids is 2. The van der Waals surface area contributed by atoms with Crippen molar-refractivity contribution in [3.8, 4) is 0 Å². The second-order valence-electron chi connectivity index (χ2n) is 7.39. The lowest BCUT2D eigenvalue weighted by Gasteiger charge is -2.44. The minimum absolute atomic E-state index is 0.0191. The standard InChI is InChI=1S/C17H29NO6/c1-6-12-10-11(17(7-2,13(19)20)14(21)22)8-9-18(12)15(23)24-16(3,4)5/h11-12H,6-10H2,1-5H3,(H,19,20)(H,21,22). The first-order valence-corrected chi connectivity index (χ1v) is 8.46. The number of carboxylic acid groups (broad SMARTS) is 2. The van der Waals surface area contributed by atoms with Gasteiger partial charge in [-0.05, 0) is 52.4 Å². The van der Waals surface area contributed by atoms with Crippen LogP contribution in [-0.2, 0) is 14.3 Å². The summed E-state index contributed by atoms with van der Waals surface area (Å²) in [6, 6.07) is -0.219. The van der Waals surface area contributed by atoms with E-state index >= 15 is 0 Å². The van der Waals surface area contributed by atoms with Crippen molar-refractivity contribution in [2.45, 2.75) is 71.9 Å². The molecule has 2 N–H and O–H groups in total. The molecule has 1 saturated heterocycles. The molecule has 1 heterocycles. The van der Waals surface area contributed by atoms with Crippen molar-refractivity contribution < 1.29 is 29.3 Å². The SMILES string of the molecule is CCC1CC(C(CC)(C(=O)O)C(=O)O)CCN1C(=O)OC(C)(C)C.